The summed E-state index contributed by atoms with van der Waals surface area (Å²) in [4.78, 5) is 14.0. The summed E-state index contributed by atoms with van der Waals surface area (Å²) in [6.07, 6.45) is 1.03. The average Bonchev–Trinajstić information content (AvgIpc) is 2.25. The van der Waals surface area contributed by atoms with Crippen molar-refractivity contribution in [3.05, 3.63) is 0 Å². The molecule has 0 aromatic carbocycles. The normalized spacial score (nSPS) is 12.2. The minimum atomic E-state index is -0.120. The third-order valence-electron chi connectivity index (χ3n) is 2.89. The lowest BCUT2D eigenvalue weighted by molar-refractivity contribution is -0.123. The molecule has 4 nitrogen and oxygen atoms in total. The number of hydrogen-bond acceptors (Lipinski definition) is 3. The van der Waals surface area contributed by atoms with Gasteiger partial charge in [0.1, 0.15) is 0 Å². The molecule has 0 aliphatic rings. The van der Waals surface area contributed by atoms with Crippen LogP contribution in [0.3, 0.4) is 0 Å². The summed E-state index contributed by atoms with van der Waals surface area (Å²) < 4.78 is 0. The second kappa shape index (κ2) is 7.67. The van der Waals surface area contributed by atoms with Crippen LogP contribution >= 0.6 is 0 Å². The molecule has 0 unspecified atom stereocenters. The Balaban J connectivity index is 4.29. The molecule has 4 heteroatoms. The van der Waals surface area contributed by atoms with Crippen LogP contribution in [0.5, 0.6) is 0 Å². The second-order valence-corrected chi connectivity index (χ2v) is 5.64. The van der Waals surface area contributed by atoms with E-state index in [9.17, 15) is 4.79 Å². The van der Waals surface area contributed by atoms with E-state index in [4.69, 9.17) is 5.73 Å². The van der Waals surface area contributed by atoms with Gasteiger partial charge in [-0.15, -0.1) is 0 Å². The van der Waals surface area contributed by atoms with Crippen LogP contribution in [0.15, 0.2) is 0 Å². The zero-order chi connectivity index (χ0) is 13.5. The Hall–Kier alpha value is -0.610. The van der Waals surface area contributed by atoms with Crippen molar-refractivity contribution in [2.75, 3.05) is 26.2 Å². The summed E-state index contributed by atoms with van der Waals surface area (Å²) in [5, 5.41) is 2.95. The van der Waals surface area contributed by atoms with Gasteiger partial charge in [-0.3, -0.25) is 9.69 Å². The van der Waals surface area contributed by atoms with Crippen molar-refractivity contribution >= 4 is 5.91 Å². The van der Waals surface area contributed by atoms with Gasteiger partial charge in [0.2, 0.25) is 5.91 Å². The van der Waals surface area contributed by atoms with E-state index in [1.54, 1.807) is 0 Å². The zero-order valence-electron chi connectivity index (χ0n) is 12.0. The van der Waals surface area contributed by atoms with Crippen molar-refractivity contribution in [3.8, 4) is 0 Å². The second-order valence-electron chi connectivity index (χ2n) is 5.64. The SMILES string of the molecule is CCCN(CC(=O)NCC(C)C)C(C)(C)CN. The fourth-order valence-corrected chi connectivity index (χ4v) is 1.54. The molecular formula is C13H29N3O. The number of amides is 1. The van der Waals surface area contributed by atoms with Crippen LogP contribution in [-0.2, 0) is 4.79 Å². The van der Waals surface area contributed by atoms with Gasteiger partial charge in [-0.05, 0) is 32.7 Å². The van der Waals surface area contributed by atoms with E-state index in [-0.39, 0.29) is 11.4 Å². The first-order chi connectivity index (χ1) is 7.83. The fourth-order valence-electron chi connectivity index (χ4n) is 1.54. The summed E-state index contributed by atoms with van der Waals surface area (Å²) in [6, 6.07) is 0. The van der Waals surface area contributed by atoms with E-state index in [0.29, 0.717) is 19.0 Å². The lowest BCUT2D eigenvalue weighted by Crippen LogP contribution is -2.53. The molecule has 0 rings (SSSR count). The molecule has 0 aromatic heterocycles. The topological polar surface area (TPSA) is 58.4 Å². The molecule has 0 bridgehead atoms. The Morgan fingerprint density at radius 1 is 1.41 bits per heavy atom. The van der Waals surface area contributed by atoms with Crippen molar-refractivity contribution in [2.45, 2.75) is 46.6 Å². The first-order valence-corrected chi connectivity index (χ1v) is 6.55. The molecule has 1 amide bonds. The summed E-state index contributed by atoms with van der Waals surface area (Å²) in [5.41, 5.74) is 5.64. The number of nitrogens with one attached hydrogen (secondary N) is 1. The van der Waals surface area contributed by atoms with Gasteiger partial charge in [0.05, 0.1) is 6.54 Å². The lowest BCUT2D eigenvalue weighted by Gasteiger charge is -2.37. The van der Waals surface area contributed by atoms with E-state index in [1.807, 2.05) is 0 Å². The number of carbonyl (C=O) groups excluding carboxylic acids is 1. The van der Waals surface area contributed by atoms with Crippen LogP contribution in [0.1, 0.15) is 41.0 Å². The van der Waals surface area contributed by atoms with Gasteiger partial charge in [-0.25, -0.2) is 0 Å². The van der Waals surface area contributed by atoms with E-state index in [0.717, 1.165) is 19.5 Å². The highest BCUT2D eigenvalue weighted by Gasteiger charge is 2.26. The van der Waals surface area contributed by atoms with Crippen molar-refractivity contribution in [2.24, 2.45) is 11.7 Å². The Morgan fingerprint density at radius 3 is 2.41 bits per heavy atom. The van der Waals surface area contributed by atoms with Crippen molar-refractivity contribution in [1.82, 2.24) is 10.2 Å². The van der Waals surface area contributed by atoms with Gasteiger partial charge < -0.3 is 11.1 Å². The van der Waals surface area contributed by atoms with E-state index >= 15 is 0 Å². The predicted octanol–water partition coefficient (Wildman–Crippen LogP) is 1.21. The van der Waals surface area contributed by atoms with Crippen LogP contribution in [-0.4, -0.2) is 42.5 Å². The molecule has 17 heavy (non-hydrogen) atoms. The maximum atomic E-state index is 11.8. The van der Waals surface area contributed by atoms with E-state index < -0.39 is 0 Å². The minimum Gasteiger partial charge on any atom is -0.355 e. The molecule has 0 aliphatic carbocycles. The van der Waals surface area contributed by atoms with Crippen LogP contribution in [0.25, 0.3) is 0 Å². The van der Waals surface area contributed by atoms with Gasteiger partial charge in [0, 0.05) is 18.6 Å². The van der Waals surface area contributed by atoms with Crippen LogP contribution < -0.4 is 11.1 Å². The fraction of sp³-hybridized carbons (Fsp3) is 0.923. The molecule has 0 spiro atoms. The van der Waals surface area contributed by atoms with Gasteiger partial charge in [0.25, 0.3) is 0 Å². The van der Waals surface area contributed by atoms with E-state index in [1.165, 1.54) is 0 Å². The average molecular weight is 243 g/mol. The third kappa shape index (κ3) is 6.64. The predicted molar refractivity (Wildman–Crippen MR) is 72.8 cm³/mol. The highest BCUT2D eigenvalue weighted by atomic mass is 16.2. The highest BCUT2D eigenvalue weighted by molar-refractivity contribution is 5.78. The molecule has 0 saturated carbocycles. The maximum absolute atomic E-state index is 11.8. The number of nitrogens with zero attached hydrogens (tertiary/aromatic N) is 1. The highest BCUT2D eigenvalue weighted by Crippen LogP contribution is 2.12. The van der Waals surface area contributed by atoms with Crippen molar-refractivity contribution in [1.29, 1.82) is 0 Å². The standard InChI is InChI=1S/C13H29N3O/c1-6-7-16(13(4,5)10-14)9-12(17)15-8-11(2)3/h11H,6-10,14H2,1-5H3,(H,15,17). The quantitative estimate of drug-likeness (QED) is 0.673. The Bertz CT molecular complexity index is 227. The molecule has 0 saturated heterocycles. The molecule has 0 radical (unpaired) electrons. The van der Waals surface area contributed by atoms with Gasteiger partial charge in [0.15, 0.2) is 0 Å². The smallest absolute Gasteiger partial charge is 0.234 e. The minimum absolute atomic E-state index is 0.0914. The molecule has 3 N–H and O–H groups in total. The Labute approximate surface area is 106 Å². The summed E-state index contributed by atoms with van der Waals surface area (Å²) in [6.45, 7) is 13.1. The summed E-state index contributed by atoms with van der Waals surface area (Å²) >= 11 is 0. The number of nitrogens with two attached hydrogens (primary N) is 1. The molecule has 0 aromatic rings. The number of carbonyl (C=O) groups is 1. The molecule has 0 aliphatic heterocycles. The largest absolute Gasteiger partial charge is 0.355 e. The number of hydrogen-bond donors (Lipinski definition) is 2. The van der Waals surface area contributed by atoms with Gasteiger partial charge in [-0.2, -0.15) is 0 Å². The maximum Gasteiger partial charge on any atom is 0.234 e. The van der Waals surface area contributed by atoms with Crippen molar-refractivity contribution < 1.29 is 4.79 Å². The molecule has 0 fully saturated rings. The van der Waals surface area contributed by atoms with E-state index in [2.05, 4.69) is 44.8 Å². The van der Waals surface area contributed by atoms with Crippen LogP contribution in [0.2, 0.25) is 0 Å². The van der Waals surface area contributed by atoms with Crippen LogP contribution in [0, 0.1) is 5.92 Å². The zero-order valence-corrected chi connectivity index (χ0v) is 12.0. The molecule has 0 atom stereocenters. The van der Waals surface area contributed by atoms with Crippen molar-refractivity contribution in [3.63, 3.8) is 0 Å². The third-order valence-corrected chi connectivity index (χ3v) is 2.89. The van der Waals surface area contributed by atoms with Gasteiger partial charge in [-0.1, -0.05) is 20.8 Å². The molecule has 0 heterocycles. The van der Waals surface area contributed by atoms with Gasteiger partial charge >= 0.3 is 0 Å². The summed E-state index contributed by atoms with van der Waals surface area (Å²) in [7, 11) is 0. The lowest BCUT2D eigenvalue weighted by atomic mass is 10.0. The Kier molecular flexibility index (Phi) is 7.39. The summed E-state index contributed by atoms with van der Waals surface area (Å²) in [5.74, 6) is 0.578. The number of rotatable bonds is 8. The monoisotopic (exact) mass is 243 g/mol. The molecule has 102 valence electrons. The first-order valence-electron chi connectivity index (χ1n) is 6.55. The Morgan fingerprint density at radius 2 is 2.00 bits per heavy atom. The molecular weight excluding hydrogens is 214 g/mol. The first kappa shape index (κ1) is 16.4. The van der Waals surface area contributed by atoms with Crippen LogP contribution in [0.4, 0.5) is 0 Å².